The summed E-state index contributed by atoms with van der Waals surface area (Å²) in [5.74, 6) is 0.0315. The number of carbonyl (C=O) groups is 1. The number of hydrogen-bond donors (Lipinski definition) is 1. The predicted molar refractivity (Wildman–Crippen MR) is 54.8 cm³/mol. The highest BCUT2D eigenvalue weighted by Gasteiger charge is 2.12. The van der Waals surface area contributed by atoms with E-state index in [1.54, 1.807) is 0 Å². The first kappa shape index (κ1) is 9.21. The third-order valence-electron chi connectivity index (χ3n) is 2.42. The lowest BCUT2D eigenvalue weighted by Gasteiger charge is -2.03. The van der Waals surface area contributed by atoms with Crippen molar-refractivity contribution < 1.29 is 9.53 Å². The molecule has 0 radical (unpaired) electrons. The first-order chi connectivity index (χ1) is 6.81. The quantitative estimate of drug-likeness (QED) is 0.735. The summed E-state index contributed by atoms with van der Waals surface area (Å²) in [4.78, 5) is 11.5. The van der Waals surface area contributed by atoms with Gasteiger partial charge in [0.25, 0.3) is 0 Å². The molecule has 1 aliphatic heterocycles. The van der Waals surface area contributed by atoms with Crippen molar-refractivity contribution >= 4 is 11.5 Å². The third kappa shape index (κ3) is 1.63. The first-order valence-electron chi connectivity index (χ1n) is 4.70. The van der Waals surface area contributed by atoms with Crippen molar-refractivity contribution in [1.82, 2.24) is 0 Å². The van der Waals surface area contributed by atoms with Crippen LogP contribution in [0.15, 0.2) is 18.2 Å². The van der Waals surface area contributed by atoms with Gasteiger partial charge in [0.05, 0.1) is 0 Å². The van der Waals surface area contributed by atoms with E-state index in [2.05, 4.69) is 5.32 Å². The van der Waals surface area contributed by atoms with Crippen molar-refractivity contribution in [3.63, 3.8) is 0 Å². The highest BCUT2D eigenvalue weighted by Crippen LogP contribution is 2.23. The van der Waals surface area contributed by atoms with Crippen molar-refractivity contribution in [3.8, 4) is 0 Å². The van der Waals surface area contributed by atoms with Gasteiger partial charge >= 0.3 is 0 Å². The molecule has 0 unspecified atom stereocenters. The van der Waals surface area contributed by atoms with E-state index in [4.69, 9.17) is 4.74 Å². The molecule has 1 aromatic carbocycles. The summed E-state index contributed by atoms with van der Waals surface area (Å²) < 4.78 is 4.81. The summed E-state index contributed by atoms with van der Waals surface area (Å²) in [7, 11) is 1.53. The van der Waals surface area contributed by atoms with Crippen LogP contribution in [0, 0.1) is 0 Å². The minimum Gasteiger partial charge on any atom is -0.384 e. The number of rotatable bonds is 3. The van der Waals surface area contributed by atoms with Gasteiger partial charge in [0.2, 0.25) is 0 Å². The van der Waals surface area contributed by atoms with Gasteiger partial charge in [-0.2, -0.15) is 0 Å². The number of ether oxygens (including phenoxy) is 1. The molecule has 14 heavy (non-hydrogen) atoms. The average molecular weight is 191 g/mol. The largest absolute Gasteiger partial charge is 0.384 e. The molecule has 0 saturated heterocycles. The van der Waals surface area contributed by atoms with Gasteiger partial charge in [-0.3, -0.25) is 4.79 Å². The molecule has 1 aliphatic rings. The van der Waals surface area contributed by atoms with Gasteiger partial charge in [0.15, 0.2) is 5.78 Å². The van der Waals surface area contributed by atoms with Crippen LogP contribution in [-0.4, -0.2) is 26.0 Å². The Balaban J connectivity index is 2.24. The maximum absolute atomic E-state index is 11.5. The average Bonchev–Trinajstić information content (AvgIpc) is 2.64. The number of ketones is 1. The Morgan fingerprint density at radius 3 is 3.21 bits per heavy atom. The van der Waals surface area contributed by atoms with Gasteiger partial charge < -0.3 is 10.1 Å². The Morgan fingerprint density at radius 1 is 1.57 bits per heavy atom. The maximum Gasteiger partial charge on any atom is 0.188 e. The lowest BCUT2D eigenvalue weighted by molar-refractivity contribution is 0.0848. The number of benzene rings is 1. The molecule has 0 atom stereocenters. The van der Waals surface area contributed by atoms with Crippen LogP contribution < -0.4 is 5.32 Å². The number of Topliss-reactive ketones (excluding diaryl/α,β-unsaturated/α-hetero) is 1. The molecule has 0 aromatic heterocycles. The maximum atomic E-state index is 11.5. The summed E-state index contributed by atoms with van der Waals surface area (Å²) in [5, 5.41) is 3.24. The summed E-state index contributed by atoms with van der Waals surface area (Å²) >= 11 is 0. The molecule has 3 heteroatoms. The molecule has 2 rings (SSSR count). The third-order valence-corrected chi connectivity index (χ3v) is 2.42. The number of nitrogens with one attached hydrogen (secondary N) is 1. The zero-order valence-corrected chi connectivity index (χ0v) is 8.17. The van der Waals surface area contributed by atoms with Crippen LogP contribution in [0.4, 0.5) is 5.69 Å². The van der Waals surface area contributed by atoms with Crippen LogP contribution in [0.2, 0.25) is 0 Å². The number of carbonyl (C=O) groups excluding carboxylic acids is 1. The predicted octanol–water partition coefficient (Wildman–Crippen LogP) is 1.48. The van der Waals surface area contributed by atoms with E-state index < -0.39 is 0 Å². The van der Waals surface area contributed by atoms with E-state index in [0.717, 1.165) is 24.2 Å². The molecule has 1 heterocycles. The fourth-order valence-electron chi connectivity index (χ4n) is 1.68. The van der Waals surface area contributed by atoms with Gasteiger partial charge in [0, 0.05) is 24.9 Å². The monoisotopic (exact) mass is 191 g/mol. The standard InChI is InChI=1S/C11H13NO2/c1-14-7-11(13)9-3-2-8-4-5-12-10(8)6-9/h2-3,6,12H,4-5,7H2,1H3. The minimum atomic E-state index is 0.0315. The highest BCUT2D eigenvalue weighted by atomic mass is 16.5. The van der Waals surface area contributed by atoms with Crippen LogP contribution >= 0.6 is 0 Å². The Bertz CT molecular complexity index is 360. The van der Waals surface area contributed by atoms with E-state index >= 15 is 0 Å². The Labute approximate surface area is 83.1 Å². The first-order valence-corrected chi connectivity index (χ1v) is 4.70. The van der Waals surface area contributed by atoms with Gasteiger partial charge in [-0.25, -0.2) is 0 Å². The Hall–Kier alpha value is -1.35. The van der Waals surface area contributed by atoms with Crippen LogP contribution in [0.3, 0.4) is 0 Å². The fourth-order valence-corrected chi connectivity index (χ4v) is 1.68. The van der Waals surface area contributed by atoms with E-state index in [0.29, 0.717) is 0 Å². The second-order valence-corrected chi connectivity index (χ2v) is 3.40. The minimum absolute atomic E-state index is 0.0315. The molecule has 0 amide bonds. The van der Waals surface area contributed by atoms with Gasteiger partial charge in [-0.05, 0) is 18.1 Å². The Morgan fingerprint density at radius 2 is 2.43 bits per heavy atom. The topological polar surface area (TPSA) is 38.3 Å². The van der Waals surface area contributed by atoms with E-state index in [1.165, 1.54) is 12.7 Å². The van der Waals surface area contributed by atoms with E-state index in [-0.39, 0.29) is 12.4 Å². The van der Waals surface area contributed by atoms with E-state index in [9.17, 15) is 4.79 Å². The molecule has 0 saturated carbocycles. The van der Waals surface area contributed by atoms with E-state index in [1.807, 2.05) is 18.2 Å². The van der Waals surface area contributed by atoms with Crippen molar-refractivity contribution in [3.05, 3.63) is 29.3 Å². The van der Waals surface area contributed by atoms with Crippen molar-refractivity contribution in [2.75, 3.05) is 25.6 Å². The number of fused-ring (bicyclic) bond motifs is 1. The van der Waals surface area contributed by atoms with Crippen LogP contribution in [0.25, 0.3) is 0 Å². The normalized spacial score (nSPS) is 13.5. The SMILES string of the molecule is COCC(=O)c1ccc2c(c1)NCC2. The van der Waals surface area contributed by atoms with Crippen LogP contribution in [-0.2, 0) is 11.2 Å². The van der Waals surface area contributed by atoms with Gasteiger partial charge in [-0.15, -0.1) is 0 Å². The van der Waals surface area contributed by atoms with Gasteiger partial charge in [0.1, 0.15) is 6.61 Å². The lowest BCUT2D eigenvalue weighted by atomic mass is 10.1. The number of methoxy groups -OCH3 is 1. The number of anilines is 1. The molecule has 0 fully saturated rings. The molecule has 1 aromatic rings. The van der Waals surface area contributed by atoms with Crippen molar-refractivity contribution in [2.45, 2.75) is 6.42 Å². The fraction of sp³-hybridized carbons (Fsp3) is 0.364. The second-order valence-electron chi connectivity index (χ2n) is 3.40. The van der Waals surface area contributed by atoms with Crippen molar-refractivity contribution in [1.29, 1.82) is 0 Å². The molecule has 1 N–H and O–H groups in total. The molecular formula is C11H13NO2. The molecule has 74 valence electrons. The zero-order chi connectivity index (χ0) is 9.97. The molecular weight excluding hydrogens is 178 g/mol. The van der Waals surface area contributed by atoms with Crippen molar-refractivity contribution in [2.24, 2.45) is 0 Å². The molecule has 0 aliphatic carbocycles. The van der Waals surface area contributed by atoms with Crippen LogP contribution in [0.5, 0.6) is 0 Å². The summed E-state index contributed by atoms with van der Waals surface area (Å²) in [6.45, 7) is 1.12. The molecule has 3 nitrogen and oxygen atoms in total. The van der Waals surface area contributed by atoms with Gasteiger partial charge in [-0.1, -0.05) is 12.1 Å². The molecule has 0 bridgehead atoms. The lowest BCUT2D eigenvalue weighted by Crippen LogP contribution is -2.07. The van der Waals surface area contributed by atoms with Crippen LogP contribution in [0.1, 0.15) is 15.9 Å². The summed E-state index contributed by atoms with van der Waals surface area (Å²) in [6.07, 6.45) is 1.05. The zero-order valence-electron chi connectivity index (χ0n) is 8.17. The summed E-state index contributed by atoms with van der Waals surface area (Å²) in [5.41, 5.74) is 3.10. The number of hydrogen-bond acceptors (Lipinski definition) is 3. The second kappa shape index (κ2) is 3.80. The summed E-state index contributed by atoms with van der Waals surface area (Å²) in [6, 6.07) is 5.79. The smallest absolute Gasteiger partial charge is 0.188 e. The molecule has 0 spiro atoms. The highest BCUT2D eigenvalue weighted by molar-refractivity contribution is 5.98. The Kier molecular flexibility index (Phi) is 2.50.